The van der Waals surface area contributed by atoms with E-state index < -0.39 is 0 Å². The van der Waals surface area contributed by atoms with Crippen LogP contribution in [0.1, 0.15) is 19.3 Å². The maximum Gasteiger partial charge on any atom is 0.224 e. The fourth-order valence-corrected chi connectivity index (χ4v) is 3.17. The van der Waals surface area contributed by atoms with Gasteiger partial charge in [-0.1, -0.05) is 0 Å². The van der Waals surface area contributed by atoms with E-state index in [0.29, 0.717) is 58.5 Å². The molecule has 1 aliphatic rings. The fourth-order valence-electron chi connectivity index (χ4n) is 3.17. The first kappa shape index (κ1) is 19.8. The summed E-state index contributed by atoms with van der Waals surface area (Å²) in [5.41, 5.74) is 0.964. The van der Waals surface area contributed by atoms with E-state index in [2.05, 4.69) is 20.3 Å². The van der Waals surface area contributed by atoms with Crippen LogP contribution in [0.4, 0.5) is 10.1 Å². The summed E-state index contributed by atoms with van der Waals surface area (Å²) in [6, 6.07) is 6.40. The molecule has 1 aromatic carbocycles. The van der Waals surface area contributed by atoms with E-state index in [4.69, 9.17) is 0 Å². The molecule has 28 heavy (non-hydrogen) atoms. The van der Waals surface area contributed by atoms with Crippen LogP contribution in [0, 0.1) is 5.82 Å². The number of aromatic nitrogens is 3. The molecule has 9 heteroatoms. The molecule has 0 radical (unpaired) electrons. The highest BCUT2D eigenvalue weighted by Gasteiger charge is 2.21. The SMILES string of the molecule is O=C(CCCn1cncn1)NCCC(=O)N1CCN(c2ccc(F)cc2)CC1. The lowest BCUT2D eigenvalue weighted by molar-refractivity contribution is -0.131. The quantitative estimate of drug-likeness (QED) is 0.731. The molecule has 3 rings (SSSR count). The van der Waals surface area contributed by atoms with Crippen molar-refractivity contribution < 1.29 is 14.0 Å². The molecule has 0 unspecified atom stereocenters. The summed E-state index contributed by atoms with van der Waals surface area (Å²) >= 11 is 0. The summed E-state index contributed by atoms with van der Waals surface area (Å²) in [4.78, 5) is 32.0. The number of amides is 2. The summed E-state index contributed by atoms with van der Waals surface area (Å²) in [6.07, 6.45) is 4.45. The van der Waals surface area contributed by atoms with Gasteiger partial charge in [0.25, 0.3) is 0 Å². The van der Waals surface area contributed by atoms with Gasteiger partial charge < -0.3 is 15.1 Å². The van der Waals surface area contributed by atoms with E-state index in [1.807, 2.05) is 4.90 Å². The molecule has 0 aliphatic carbocycles. The van der Waals surface area contributed by atoms with Crippen LogP contribution in [0.25, 0.3) is 0 Å². The van der Waals surface area contributed by atoms with Crippen LogP contribution in [0.15, 0.2) is 36.9 Å². The predicted octanol–water partition coefficient (Wildman–Crippen LogP) is 1.05. The maximum absolute atomic E-state index is 13.0. The Bertz CT molecular complexity index is 757. The predicted molar refractivity (Wildman–Crippen MR) is 102 cm³/mol. The molecular weight excluding hydrogens is 363 g/mol. The molecule has 0 bridgehead atoms. The third-order valence-corrected chi connectivity index (χ3v) is 4.74. The van der Waals surface area contributed by atoms with Crippen molar-refractivity contribution in [2.24, 2.45) is 0 Å². The first-order valence-corrected chi connectivity index (χ1v) is 9.49. The number of rotatable bonds is 8. The standard InChI is InChI=1S/C19H25FN6O2/c20-16-3-5-17(6-4-16)24-10-12-25(13-11-24)19(28)7-8-22-18(27)2-1-9-26-15-21-14-23-26/h3-6,14-15H,1-2,7-13H2,(H,22,27). The van der Waals surface area contributed by atoms with Gasteiger partial charge >= 0.3 is 0 Å². The molecule has 1 fully saturated rings. The summed E-state index contributed by atoms with van der Waals surface area (Å²) in [5.74, 6) is -0.270. The van der Waals surface area contributed by atoms with Crippen molar-refractivity contribution in [1.82, 2.24) is 25.0 Å². The van der Waals surface area contributed by atoms with Crippen molar-refractivity contribution in [2.45, 2.75) is 25.8 Å². The molecule has 1 saturated heterocycles. The zero-order valence-electron chi connectivity index (χ0n) is 15.8. The number of carbonyl (C=O) groups excluding carboxylic acids is 2. The zero-order valence-corrected chi connectivity index (χ0v) is 15.8. The number of nitrogens with zero attached hydrogens (tertiary/aromatic N) is 5. The molecule has 2 aromatic rings. The molecule has 150 valence electrons. The number of piperazine rings is 1. The van der Waals surface area contributed by atoms with Gasteiger partial charge in [0.1, 0.15) is 18.5 Å². The summed E-state index contributed by atoms with van der Waals surface area (Å²) in [5, 5.41) is 6.78. The first-order chi connectivity index (χ1) is 13.6. The Kier molecular flexibility index (Phi) is 6.94. The Morgan fingerprint density at radius 1 is 1.07 bits per heavy atom. The van der Waals surface area contributed by atoms with Crippen LogP contribution in [-0.2, 0) is 16.1 Å². The Labute approximate surface area is 163 Å². The lowest BCUT2D eigenvalue weighted by atomic mass is 10.2. The monoisotopic (exact) mass is 388 g/mol. The third kappa shape index (κ3) is 5.77. The fraction of sp³-hybridized carbons (Fsp3) is 0.474. The number of hydrogen-bond acceptors (Lipinski definition) is 5. The molecule has 0 saturated carbocycles. The van der Waals surface area contributed by atoms with Gasteiger partial charge in [0, 0.05) is 57.8 Å². The normalized spacial score (nSPS) is 14.2. The van der Waals surface area contributed by atoms with E-state index in [-0.39, 0.29) is 17.6 Å². The molecule has 8 nitrogen and oxygen atoms in total. The van der Waals surface area contributed by atoms with Crippen LogP contribution in [0.3, 0.4) is 0 Å². The lowest BCUT2D eigenvalue weighted by Crippen LogP contribution is -2.49. The van der Waals surface area contributed by atoms with Crippen molar-refractivity contribution >= 4 is 17.5 Å². The van der Waals surface area contributed by atoms with Crippen molar-refractivity contribution in [2.75, 3.05) is 37.6 Å². The van der Waals surface area contributed by atoms with Gasteiger partial charge in [-0.2, -0.15) is 5.10 Å². The van der Waals surface area contributed by atoms with Crippen LogP contribution >= 0.6 is 0 Å². The number of aryl methyl sites for hydroxylation is 1. The van der Waals surface area contributed by atoms with E-state index >= 15 is 0 Å². The average Bonchev–Trinajstić information content (AvgIpc) is 3.22. The molecule has 1 aromatic heterocycles. The van der Waals surface area contributed by atoms with Gasteiger partial charge in [-0.3, -0.25) is 14.3 Å². The number of hydrogen-bond donors (Lipinski definition) is 1. The van der Waals surface area contributed by atoms with E-state index in [1.54, 1.807) is 23.1 Å². The highest BCUT2D eigenvalue weighted by molar-refractivity contribution is 5.79. The van der Waals surface area contributed by atoms with E-state index in [9.17, 15) is 14.0 Å². The highest BCUT2D eigenvalue weighted by atomic mass is 19.1. The van der Waals surface area contributed by atoms with Crippen LogP contribution < -0.4 is 10.2 Å². The molecule has 2 heterocycles. The summed E-state index contributed by atoms with van der Waals surface area (Å²) < 4.78 is 14.7. The first-order valence-electron chi connectivity index (χ1n) is 9.49. The van der Waals surface area contributed by atoms with E-state index in [1.165, 1.54) is 18.5 Å². The van der Waals surface area contributed by atoms with Gasteiger partial charge in [-0.25, -0.2) is 9.37 Å². The Morgan fingerprint density at radius 2 is 1.82 bits per heavy atom. The van der Waals surface area contributed by atoms with Crippen molar-refractivity contribution in [3.8, 4) is 0 Å². The maximum atomic E-state index is 13.0. The lowest BCUT2D eigenvalue weighted by Gasteiger charge is -2.36. The minimum atomic E-state index is -0.252. The van der Waals surface area contributed by atoms with Crippen LogP contribution in [0.5, 0.6) is 0 Å². The van der Waals surface area contributed by atoms with Crippen molar-refractivity contribution in [3.63, 3.8) is 0 Å². The molecule has 2 amide bonds. The Morgan fingerprint density at radius 3 is 2.50 bits per heavy atom. The second kappa shape index (κ2) is 9.82. The van der Waals surface area contributed by atoms with E-state index in [0.717, 1.165) is 5.69 Å². The van der Waals surface area contributed by atoms with Crippen molar-refractivity contribution in [1.29, 1.82) is 0 Å². The number of nitrogens with one attached hydrogen (secondary N) is 1. The second-order valence-electron chi connectivity index (χ2n) is 6.71. The van der Waals surface area contributed by atoms with Crippen LogP contribution in [-0.4, -0.2) is 64.2 Å². The minimum absolute atomic E-state index is 0.0432. The molecule has 1 N–H and O–H groups in total. The molecule has 0 spiro atoms. The Hall–Kier alpha value is -2.97. The number of halogens is 1. The Balaban J connectivity index is 1.30. The number of anilines is 1. The van der Waals surface area contributed by atoms with Gasteiger partial charge in [0.2, 0.25) is 11.8 Å². The van der Waals surface area contributed by atoms with Gasteiger partial charge in [-0.05, 0) is 30.7 Å². The van der Waals surface area contributed by atoms with Gasteiger partial charge in [-0.15, -0.1) is 0 Å². The smallest absolute Gasteiger partial charge is 0.224 e. The zero-order chi connectivity index (χ0) is 19.8. The van der Waals surface area contributed by atoms with Crippen LogP contribution in [0.2, 0.25) is 0 Å². The summed E-state index contributed by atoms with van der Waals surface area (Å²) in [6.45, 7) is 3.67. The minimum Gasteiger partial charge on any atom is -0.368 e. The van der Waals surface area contributed by atoms with Gasteiger partial charge in [0.05, 0.1) is 0 Å². The third-order valence-electron chi connectivity index (χ3n) is 4.74. The molecule has 0 atom stereocenters. The number of carbonyl (C=O) groups is 2. The van der Waals surface area contributed by atoms with Gasteiger partial charge in [0.15, 0.2) is 0 Å². The highest BCUT2D eigenvalue weighted by Crippen LogP contribution is 2.17. The average molecular weight is 388 g/mol. The summed E-state index contributed by atoms with van der Waals surface area (Å²) in [7, 11) is 0. The largest absolute Gasteiger partial charge is 0.368 e. The second-order valence-corrected chi connectivity index (χ2v) is 6.71. The topological polar surface area (TPSA) is 83.4 Å². The molecular formula is C19H25FN6O2. The number of benzene rings is 1. The van der Waals surface area contributed by atoms with Crippen molar-refractivity contribution in [3.05, 3.63) is 42.7 Å². The molecule has 1 aliphatic heterocycles.